The van der Waals surface area contributed by atoms with Gasteiger partial charge in [0.25, 0.3) is 0 Å². The maximum Gasteiger partial charge on any atom is 0.240 e. The minimum absolute atomic E-state index is 0.0274. The standard InChI is InChI=1S/C24H37NO3/c1-5-8-10-12-14-20(7-3)16-17-21(15-13-11-9-6-2)22-18-23(27)25(19(4)26)24(22)28/h9,11-12,14,16-17,20-22H,5-8,10,13,15,18H2,1-4H3/b11-9+,14-12-,17-16+. The second-order valence-corrected chi connectivity index (χ2v) is 7.55. The lowest BCUT2D eigenvalue weighted by Crippen LogP contribution is -2.35. The van der Waals surface area contributed by atoms with E-state index in [1.165, 1.54) is 19.8 Å². The van der Waals surface area contributed by atoms with Gasteiger partial charge in [-0.2, -0.15) is 0 Å². The molecule has 0 bridgehead atoms. The van der Waals surface area contributed by atoms with E-state index < -0.39 is 11.8 Å². The Bertz CT molecular complexity index is 603. The van der Waals surface area contributed by atoms with Crippen LogP contribution in [0.4, 0.5) is 0 Å². The summed E-state index contributed by atoms with van der Waals surface area (Å²) in [5, 5.41) is 0. The summed E-state index contributed by atoms with van der Waals surface area (Å²) in [6, 6.07) is 0. The van der Waals surface area contributed by atoms with Gasteiger partial charge < -0.3 is 0 Å². The minimum Gasteiger partial charge on any atom is -0.274 e. The highest BCUT2D eigenvalue weighted by atomic mass is 16.2. The first kappa shape index (κ1) is 24.1. The molecule has 0 aromatic heterocycles. The molecule has 1 aliphatic heterocycles. The van der Waals surface area contributed by atoms with E-state index in [4.69, 9.17) is 0 Å². The number of allylic oxidation sites excluding steroid dienone is 6. The van der Waals surface area contributed by atoms with Gasteiger partial charge >= 0.3 is 0 Å². The van der Waals surface area contributed by atoms with Crippen molar-refractivity contribution in [2.75, 3.05) is 0 Å². The largest absolute Gasteiger partial charge is 0.274 e. The number of rotatable bonds is 12. The zero-order valence-corrected chi connectivity index (χ0v) is 18.0. The van der Waals surface area contributed by atoms with Crippen LogP contribution in [0.5, 0.6) is 0 Å². The summed E-state index contributed by atoms with van der Waals surface area (Å²) in [7, 11) is 0. The number of nitrogens with zero attached hydrogens (tertiary/aromatic N) is 1. The third-order valence-electron chi connectivity index (χ3n) is 5.27. The molecular weight excluding hydrogens is 350 g/mol. The fraction of sp³-hybridized carbons (Fsp3) is 0.625. The fourth-order valence-corrected chi connectivity index (χ4v) is 3.54. The number of unbranched alkanes of at least 4 members (excludes halogenated alkanes) is 2. The van der Waals surface area contributed by atoms with E-state index in [-0.39, 0.29) is 24.2 Å². The lowest BCUT2D eigenvalue weighted by Gasteiger charge is -2.19. The first-order valence-corrected chi connectivity index (χ1v) is 10.8. The number of carbonyl (C=O) groups excluding carboxylic acids is 3. The molecule has 0 N–H and O–H groups in total. The van der Waals surface area contributed by atoms with Crippen LogP contribution in [-0.4, -0.2) is 22.6 Å². The zero-order valence-electron chi connectivity index (χ0n) is 18.0. The smallest absolute Gasteiger partial charge is 0.240 e. The SMILES string of the molecule is CC/C=C/CCC(/C=C/C(/C=C\CCCC)CC)C1CC(=O)N(C(C)=O)C1=O. The molecule has 1 heterocycles. The van der Waals surface area contributed by atoms with E-state index in [9.17, 15) is 14.4 Å². The highest BCUT2D eigenvalue weighted by Crippen LogP contribution is 2.31. The minimum atomic E-state index is -0.476. The molecule has 0 aliphatic carbocycles. The van der Waals surface area contributed by atoms with E-state index >= 15 is 0 Å². The fourth-order valence-electron chi connectivity index (χ4n) is 3.54. The van der Waals surface area contributed by atoms with Crippen molar-refractivity contribution in [3.05, 3.63) is 36.5 Å². The molecule has 3 atom stereocenters. The van der Waals surface area contributed by atoms with Gasteiger partial charge in [0.05, 0.1) is 5.92 Å². The number of hydrogen-bond acceptors (Lipinski definition) is 3. The van der Waals surface area contributed by atoms with Gasteiger partial charge in [-0.25, -0.2) is 4.90 Å². The Balaban J connectivity index is 2.91. The van der Waals surface area contributed by atoms with Crippen molar-refractivity contribution in [1.82, 2.24) is 4.90 Å². The quantitative estimate of drug-likeness (QED) is 0.249. The number of hydrogen-bond donors (Lipinski definition) is 0. The van der Waals surface area contributed by atoms with Crippen LogP contribution in [0.25, 0.3) is 0 Å². The molecular formula is C24H37NO3. The summed E-state index contributed by atoms with van der Waals surface area (Å²) in [5.74, 6) is -1.29. The molecule has 156 valence electrons. The maximum atomic E-state index is 12.7. The molecule has 1 fully saturated rings. The molecule has 3 unspecified atom stereocenters. The van der Waals surface area contributed by atoms with Crippen LogP contribution in [0, 0.1) is 17.8 Å². The average molecular weight is 388 g/mol. The molecule has 4 heteroatoms. The van der Waals surface area contributed by atoms with Crippen molar-refractivity contribution in [1.29, 1.82) is 0 Å². The van der Waals surface area contributed by atoms with Crippen LogP contribution in [0.2, 0.25) is 0 Å². The highest BCUT2D eigenvalue weighted by Gasteiger charge is 2.43. The summed E-state index contributed by atoms with van der Waals surface area (Å²) in [5.41, 5.74) is 0. The first-order chi connectivity index (χ1) is 13.5. The Hall–Kier alpha value is -1.97. The van der Waals surface area contributed by atoms with Crippen molar-refractivity contribution < 1.29 is 14.4 Å². The van der Waals surface area contributed by atoms with E-state index in [0.717, 1.165) is 37.0 Å². The zero-order chi connectivity index (χ0) is 20.9. The number of carbonyl (C=O) groups is 3. The average Bonchev–Trinajstić information content (AvgIpc) is 2.96. The third-order valence-corrected chi connectivity index (χ3v) is 5.27. The van der Waals surface area contributed by atoms with Crippen LogP contribution >= 0.6 is 0 Å². The van der Waals surface area contributed by atoms with Crippen LogP contribution in [0.15, 0.2) is 36.5 Å². The lowest BCUT2D eigenvalue weighted by atomic mass is 9.85. The molecule has 1 saturated heterocycles. The van der Waals surface area contributed by atoms with Gasteiger partial charge in [-0.05, 0) is 43.9 Å². The predicted molar refractivity (Wildman–Crippen MR) is 114 cm³/mol. The maximum absolute atomic E-state index is 12.7. The van der Waals surface area contributed by atoms with Crippen molar-refractivity contribution >= 4 is 17.7 Å². The van der Waals surface area contributed by atoms with Crippen molar-refractivity contribution in [2.24, 2.45) is 17.8 Å². The summed E-state index contributed by atoms with van der Waals surface area (Å²) in [4.78, 5) is 37.3. The molecule has 28 heavy (non-hydrogen) atoms. The Morgan fingerprint density at radius 3 is 2.39 bits per heavy atom. The molecule has 0 aromatic carbocycles. The lowest BCUT2D eigenvalue weighted by molar-refractivity contribution is -0.149. The van der Waals surface area contributed by atoms with Crippen LogP contribution in [0.3, 0.4) is 0 Å². The van der Waals surface area contributed by atoms with Gasteiger partial charge in [-0.1, -0.05) is 70.1 Å². The van der Waals surface area contributed by atoms with Gasteiger partial charge in [0.1, 0.15) is 0 Å². The molecule has 3 amide bonds. The monoisotopic (exact) mass is 387 g/mol. The highest BCUT2D eigenvalue weighted by molar-refractivity contribution is 6.15. The van der Waals surface area contributed by atoms with Crippen molar-refractivity contribution in [3.63, 3.8) is 0 Å². The van der Waals surface area contributed by atoms with Gasteiger partial charge in [0.15, 0.2) is 0 Å². The molecule has 0 radical (unpaired) electrons. The van der Waals surface area contributed by atoms with Gasteiger partial charge in [-0.15, -0.1) is 0 Å². The van der Waals surface area contributed by atoms with Crippen LogP contribution < -0.4 is 0 Å². The van der Waals surface area contributed by atoms with E-state index in [2.05, 4.69) is 57.2 Å². The second kappa shape index (κ2) is 13.2. The second-order valence-electron chi connectivity index (χ2n) is 7.55. The third kappa shape index (κ3) is 7.57. The van der Waals surface area contributed by atoms with Crippen molar-refractivity contribution in [3.8, 4) is 0 Å². The number of amides is 3. The Labute approximate surface area is 170 Å². The summed E-state index contributed by atoms with van der Waals surface area (Å²) >= 11 is 0. The Morgan fingerprint density at radius 1 is 1.07 bits per heavy atom. The molecule has 0 aromatic rings. The summed E-state index contributed by atoms with van der Waals surface area (Å²) < 4.78 is 0. The molecule has 1 aliphatic rings. The van der Waals surface area contributed by atoms with Gasteiger partial charge in [0.2, 0.25) is 17.7 Å². The topological polar surface area (TPSA) is 54.5 Å². The molecule has 0 spiro atoms. The van der Waals surface area contributed by atoms with E-state index in [1.807, 2.05) is 0 Å². The Kier molecular flexibility index (Phi) is 11.4. The predicted octanol–water partition coefficient (Wildman–Crippen LogP) is 5.60. The van der Waals surface area contributed by atoms with Crippen molar-refractivity contribution in [2.45, 2.75) is 79.1 Å². The Morgan fingerprint density at radius 2 is 1.82 bits per heavy atom. The number of imide groups is 3. The van der Waals surface area contributed by atoms with Crippen LogP contribution in [0.1, 0.15) is 79.1 Å². The molecule has 0 saturated carbocycles. The normalized spacial score (nSPS) is 20.1. The van der Waals surface area contributed by atoms with E-state index in [1.54, 1.807) is 0 Å². The summed E-state index contributed by atoms with van der Waals surface area (Å²) in [6.07, 6.45) is 20.3. The van der Waals surface area contributed by atoms with Gasteiger partial charge in [-0.3, -0.25) is 14.4 Å². The number of likely N-dealkylation sites (tertiary alicyclic amines) is 1. The molecule has 4 nitrogen and oxygen atoms in total. The van der Waals surface area contributed by atoms with E-state index in [0.29, 0.717) is 5.92 Å². The van der Waals surface area contributed by atoms with Crippen LogP contribution in [-0.2, 0) is 14.4 Å². The summed E-state index contributed by atoms with van der Waals surface area (Å²) in [6.45, 7) is 7.71. The molecule has 1 rings (SSSR count). The van der Waals surface area contributed by atoms with Gasteiger partial charge in [0, 0.05) is 13.3 Å². The first-order valence-electron chi connectivity index (χ1n) is 10.8.